The summed E-state index contributed by atoms with van der Waals surface area (Å²) in [4.78, 5) is 2.55. The molecule has 10 aromatic rings. The molecule has 66 heavy (non-hydrogen) atoms. The Kier molecular flexibility index (Phi) is 7.35. The maximum atomic E-state index is 6.74. The highest BCUT2D eigenvalue weighted by molar-refractivity contribution is 7.26. The molecule has 0 bridgehead atoms. The van der Waals surface area contributed by atoms with E-state index < -0.39 is 10.8 Å². The van der Waals surface area contributed by atoms with Crippen molar-refractivity contribution >= 4 is 48.6 Å². The van der Waals surface area contributed by atoms with Gasteiger partial charge in [0.05, 0.1) is 16.5 Å². The largest absolute Gasteiger partial charge is 0.457 e. The normalized spacial score (nSPS) is 17.8. The summed E-state index contributed by atoms with van der Waals surface area (Å²) in [5, 5.41) is 2.53. The van der Waals surface area contributed by atoms with Gasteiger partial charge in [-0.15, -0.1) is 11.3 Å². The van der Waals surface area contributed by atoms with Gasteiger partial charge in [0, 0.05) is 65.6 Å². The predicted octanol–water partition coefficient (Wildman–Crippen LogP) is 16.3. The lowest BCUT2D eigenvalue weighted by atomic mass is 9.62. The summed E-state index contributed by atoms with van der Waals surface area (Å²) >= 11 is 1.86. The van der Waals surface area contributed by atoms with Crippen LogP contribution in [0, 0.1) is 5.92 Å². The first-order valence-corrected chi connectivity index (χ1v) is 23.7. The first kappa shape index (κ1) is 36.4. The topological polar surface area (TPSA) is 21.7 Å². The number of para-hydroxylation sites is 4. The van der Waals surface area contributed by atoms with E-state index in [-0.39, 0.29) is 11.8 Å². The van der Waals surface area contributed by atoms with E-state index in [2.05, 4.69) is 229 Å². The van der Waals surface area contributed by atoms with Gasteiger partial charge in [0.25, 0.3) is 0 Å². The molecule has 0 N–H and O–H groups in total. The fourth-order valence-corrected chi connectivity index (χ4v) is 14.0. The summed E-state index contributed by atoms with van der Waals surface area (Å²) in [6.07, 6.45) is 9.36. The third-order valence-electron chi connectivity index (χ3n) is 15.3. The van der Waals surface area contributed by atoms with Gasteiger partial charge in [-0.25, -0.2) is 0 Å². The van der Waals surface area contributed by atoms with Crippen LogP contribution in [0.5, 0.6) is 23.0 Å². The van der Waals surface area contributed by atoms with Gasteiger partial charge < -0.3 is 14.4 Å². The zero-order chi connectivity index (χ0) is 43.1. The zero-order valence-electron chi connectivity index (χ0n) is 35.7. The van der Waals surface area contributed by atoms with E-state index in [1.54, 1.807) is 0 Å². The van der Waals surface area contributed by atoms with Crippen molar-refractivity contribution in [2.24, 2.45) is 5.92 Å². The monoisotopic (exact) mass is 861 g/mol. The second-order valence-corrected chi connectivity index (χ2v) is 19.3. The summed E-state index contributed by atoms with van der Waals surface area (Å²) in [6.45, 7) is 0. The number of rotatable bonds is 3. The summed E-state index contributed by atoms with van der Waals surface area (Å²) in [7, 11) is 0. The number of nitrogens with zero attached hydrogens (tertiary/aromatic N) is 1. The second kappa shape index (κ2) is 13.3. The lowest BCUT2D eigenvalue weighted by Crippen LogP contribution is -2.37. The molecule has 0 radical (unpaired) electrons. The number of hydrogen-bond donors (Lipinski definition) is 0. The molecule has 9 aromatic carbocycles. The van der Waals surface area contributed by atoms with Gasteiger partial charge in [-0.2, -0.15) is 0 Å². The third kappa shape index (κ3) is 4.56. The lowest BCUT2D eigenvalue weighted by Gasteiger charge is -2.43. The Morgan fingerprint density at radius 3 is 1.73 bits per heavy atom. The SMILES string of the molecule is C1=CC2c3cc(N(c4ccc5c(c4)C4(c6ccccc6Oc6ccccc64)c4ccccc4-5)c4cccc5sc6ccccc6c45)ccc3C3(c4ccccc4Oc4ccccc43)C2C=C1. The standard InChI is InChI=1S/C62H39NO2S/c1-4-19-45-40(16-1)42-34-32-39(37-52(42)62(45)50-23-8-12-28-56(50)65-57-29-13-9-24-51(57)62)63(53-25-15-31-59-60(53)43-18-3-14-30-58(43)66-59)38-33-35-47-44(36-38)41-17-2-5-20-46(41)61(47)48-21-6-10-26-54(48)64-55-27-11-7-22-49(55)61/h1-37,41,46H. The number of thiophene rings is 1. The van der Waals surface area contributed by atoms with Gasteiger partial charge in [-0.1, -0.05) is 158 Å². The van der Waals surface area contributed by atoms with Crippen molar-refractivity contribution in [3.8, 4) is 34.1 Å². The van der Waals surface area contributed by atoms with E-state index in [0.717, 1.165) is 51.2 Å². The number of fused-ring (bicyclic) bond motifs is 21. The summed E-state index contributed by atoms with van der Waals surface area (Å²) in [5.41, 5.74) is 14.8. The fourth-order valence-electron chi connectivity index (χ4n) is 12.8. The highest BCUT2D eigenvalue weighted by Crippen LogP contribution is 2.66. The van der Waals surface area contributed by atoms with Crippen molar-refractivity contribution in [3.05, 3.63) is 269 Å². The van der Waals surface area contributed by atoms with Crippen molar-refractivity contribution in [1.82, 2.24) is 0 Å². The Morgan fingerprint density at radius 2 is 0.985 bits per heavy atom. The molecule has 0 saturated carbocycles. The molecule has 2 spiro atoms. The van der Waals surface area contributed by atoms with Crippen LogP contribution in [0.15, 0.2) is 224 Å². The Labute approximate surface area is 386 Å². The van der Waals surface area contributed by atoms with Gasteiger partial charge >= 0.3 is 0 Å². The van der Waals surface area contributed by atoms with E-state index in [1.165, 1.54) is 64.7 Å². The minimum absolute atomic E-state index is 0.150. The highest BCUT2D eigenvalue weighted by atomic mass is 32.1. The first-order chi connectivity index (χ1) is 32.7. The van der Waals surface area contributed by atoms with E-state index in [1.807, 2.05) is 11.3 Å². The predicted molar refractivity (Wildman–Crippen MR) is 269 cm³/mol. The Hall–Kier alpha value is -7.92. The molecule has 3 aliphatic carbocycles. The molecular weight excluding hydrogens is 823 g/mol. The summed E-state index contributed by atoms with van der Waals surface area (Å²) in [6, 6.07) is 73.9. The smallest absolute Gasteiger partial charge is 0.132 e. The number of allylic oxidation sites excluding steroid dienone is 4. The quantitative estimate of drug-likeness (QED) is 0.177. The molecule has 2 aliphatic heterocycles. The van der Waals surface area contributed by atoms with Gasteiger partial charge in [-0.05, 0) is 100 Å². The van der Waals surface area contributed by atoms with Crippen LogP contribution in [0.3, 0.4) is 0 Å². The van der Waals surface area contributed by atoms with Crippen LogP contribution < -0.4 is 14.4 Å². The molecule has 4 heteroatoms. The second-order valence-electron chi connectivity index (χ2n) is 18.2. The molecular formula is C62H39NO2S. The molecule has 0 saturated heterocycles. The molecule has 310 valence electrons. The van der Waals surface area contributed by atoms with Crippen LogP contribution in [0.25, 0.3) is 31.3 Å². The van der Waals surface area contributed by atoms with Crippen LogP contribution in [0.2, 0.25) is 0 Å². The summed E-state index contributed by atoms with van der Waals surface area (Å²) < 4.78 is 16.0. The summed E-state index contributed by atoms with van der Waals surface area (Å²) in [5.74, 6) is 3.95. The van der Waals surface area contributed by atoms with Gasteiger partial charge in [0.2, 0.25) is 0 Å². The maximum Gasteiger partial charge on any atom is 0.132 e. The van der Waals surface area contributed by atoms with E-state index >= 15 is 0 Å². The van der Waals surface area contributed by atoms with E-state index in [4.69, 9.17) is 9.47 Å². The lowest BCUT2D eigenvalue weighted by molar-refractivity contribution is 0.374. The Balaban J connectivity index is 1.02. The number of ether oxygens (including phenoxy) is 2. The van der Waals surface area contributed by atoms with Crippen molar-refractivity contribution in [2.75, 3.05) is 4.90 Å². The maximum absolute atomic E-state index is 6.74. The van der Waals surface area contributed by atoms with E-state index in [9.17, 15) is 0 Å². The fraction of sp³-hybridized carbons (Fsp3) is 0.0645. The minimum Gasteiger partial charge on any atom is -0.457 e. The molecule has 1 aromatic heterocycles. The van der Waals surface area contributed by atoms with Gasteiger partial charge in [0.1, 0.15) is 23.0 Å². The molecule has 3 nitrogen and oxygen atoms in total. The van der Waals surface area contributed by atoms with Gasteiger partial charge in [0.15, 0.2) is 0 Å². The number of benzene rings is 9. The van der Waals surface area contributed by atoms with Crippen LogP contribution in [-0.4, -0.2) is 0 Å². The minimum atomic E-state index is -0.596. The van der Waals surface area contributed by atoms with Crippen molar-refractivity contribution < 1.29 is 9.47 Å². The zero-order valence-corrected chi connectivity index (χ0v) is 36.5. The molecule has 5 aliphatic rings. The van der Waals surface area contributed by atoms with Gasteiger partial charge in [-0.3, -0.25) is 0 Å². The van der Waals surface area contributed by atoms with Crippen molar-refractivity contribution in [2.45, 2.75) is 16.7 Å². The number of hydrogen-bond acceptors (Lipinski definition) is 4. The molecule has 0 amide bonds. The molecule has 15 rings (SSSR count). The number of anilines is 3. The van der Waals surface area contributed by atoms with Crippen molar-refractivity contribution in [1.29, 1.82) is 0 Å². The Morgan fingerprint density at radius 1 is 0.424 bits per heavy atom. The first-order valence-electron chi connectivity index (χ1n) is 22.9. The highest BCUT2D eigenvalue weighted by Gasteiger charge is 2.57. The molecule has 3 heterocycles. The van der Waals surface area contributed by atoms with Crippen molar-refractivity contribution in [3.63, 3.8) is 0 Å². The van der Waals surface area contributed by atoms with Crippen LogP contribution in [-0.2, 0) is 10.8 Å². The Bertz CT molecular complexity index is 3690. The van der Waals surface area contributed by atoms with Crippen LogP contribution >= 0.6 is 11.3 Å². The average molecular weight is 862 g/mol. The van der Waals surface area contributed by atoms with Crippen LogP contribution in [0.4, 0.5) is 17.1 Å². The average Bonchev–Trinajstić information content (AvgIpc) is 4.00. The molecule has 2 atom stereocenters. The third-order valence-corrected chi connectivity index (χ3v) is 16.4. The molecule has 0 fully saturated rings. The van der Waals surface area contributed by atoms with E-state index in [0.29, 0.717) is 0 Å². The van der Waals surface area contributed by atoms with Crippen LogP contribution in [0.1, 0.15) is 50.4 Å². The molecule has 2 unspecified atom stereocenters.